The van der Waals surface area contributed by atoms with E-state index in [1.54, 1.807) is 11.1 Å². The van der Waals surface area contributed by atoms with Crippen LogP contribution in [0.25, 0.3) is 48.8 Å². The number of rotatable bonds is 19. The van der Waals surface area contributed by atoms with Crippen LogP contribution in [-0.2, 0) is 12.8 Å². The third-order valence-corrected chi connectivity index (χ3v) is 15.9. The van der Waals surface area contributed by atoms with Gasteiger partial charge in [0.25, 0.3) is 0 Å². The first-order valence-electron chi connectivity index (χ1n) is 17.3. The van der Waals surface area contributed by atoms with E-state index in [-0.39, 0.29) is 0 Å². The lowest BCUT2D eigenvalue weighted by molar-refractivity contribution is 0.608. The van der Waals surface area contributed by atoms with E-state index in [0.717, 1.165) is 0 Å². The Morgan fingerprint density at radius 3 is 1.22 bits per heavy atom. The molecule has 0 aliphatic carbocycles. The topological polar surface area (TPSA) is 0 Å². The first-order chi connectivity index (χ1) is 22.7. The van der Waals surface area contributed by atoms with Crippen LogP contribution in [-0.4, -0.2) is 0 Å². The summed E-state index contributed by atoms with van der Waals surface area (Å²) in [4.78, 5) is 14.3. The van der Waals surface area contributed by atoms with Crippen molar-refractivity contribution >= 4 is 68.0 Å². The van der Waals surface area contributed by atoms with E-state index < -0.39 is 0 Å². The molecule has 46 heavy (non-hydrogen) atoms. The number of thiophene rings is 6. The Morgan fingerprint density at radius 2 is 0.804 bits per heavy atom. The predicted molar refractivity (Wildman–Crippen MR) is 215 cm³/mol. The first-order valence-corrected chi connectivity index (χ1v) is 22.3. The molecule has 6 aromatic heterocycles. The summed E-state index contributed by atoms with van der Waals surface area (Å²) in [5, 5.41) is 4.41. The van der Waals surface area contributed by atoms with Crippen LogP contribution in [0, 0.1) is 0 Å². The van der Waals surface area contributed by atoms with Gasteiger partial charge in [-0.3, -0.25) is 0 Å². The first kappa shape index (κ1) is 34.1. The zero-order chi connectivity index (χ0) is 31.6. The van der Waals surface area contributed by atoms with Crippen molar-refractivity contribution in [1.82, 2.24) is 0 Å². The highest BCUT2D eigenvalue weighted by Crippen LogP contribution is 2.48. The zero-order valence-electron chi connectivity index (χ0n) is 27.3. The van der Waals surface area contributed by atoms with Crippen molar-refractivity contribution in [2.75, 3.05) is 0 Å². The molecule has 0 unspecified atom stereocenters. The summed E-state index contributed by atoms with van der Waals surface area (Å²) in [6.07, 6.45) is 18.5. The molecule has 0 aliphatic rings. The van der Waals surface area contributed by atoms with Crippen LogP contribution in [0.1, 0.15) is 102 Å². The van der Waals surface area contributed by atoms with Crippen LogP contribution in [0.2, 0.25) is 0 Å². The Morgan fingerprint density at radius 1 is 0.391 bits per heavy atom. The quantitative estimate of drug-likeness (QED) is 0.0732. The average molecular weight is 719 g/mol. The lowest BCUT2D eigenvalue weighted by atomic mass is 10.0. The molecular weight excluding hydrogens is 673 g/mol. The molecule has 6 heteroatoms. The molecule has 0 saturated carbocycles. The normalized spacial score (nSPS) is 11.6. The van der Waals surface area contributed by atoms with E-state index >= 15 is 0 Å². The van der Waals surface area contributed by atoms with Crippen LogP contribution >= 0.6 is 68.0 Å². The van der Waals surface area contributed by atoms with E-state index in [0.29, 0.717) is 0 Å². The SMILES string of the molecule is CCCCCCCCc1cc(-c2cccs2)sc1-c1ccc(-c2ccc(-c3sc(-c4cccs4)cc3CCCCCCCC)s2)s1. The van der Waals surface area contributed by atoms with Gasteiger partial charge in [-0.15, -0.1) is 68.0 Å². The second-order valence-corrected chi connectivity index (χ2v) is 18.4. The van der Waals surface area contributed by atoms with E-state index in [9.17, 15) is 0 Å². The third kappa shape index (κ3) is 8.80. The molecule has 0 saturated heterocycles. The predicted octanol–water partition coefficient (Wildman–Crippen LogP) is 16.2. The van der Waals surface area contributed by atoms with Crippen molar-refractivity contribution in [3.63, 3.8) is 0 Å². The maximum absolute atomic E-state index is 2.49. The molecular formula is C40H46S6. The van der Waals surface area contributed by atoms with E-state index in [1.165, 1.54) is 139 Å². The molecule has 0 N–H and O–H groups in total. The van der Waals surface area contributed by atoms with E-state index in [4.69, 9.17) is 0 Å². The lowest BCUT2D eigenvalue weighted by Gasteiger charge is -2.03. The molecule has 0 atom stereocenters. The van der Waals surface area contributed by atoms with Gasteiger partial charge in [-0.1, -0.05) is 90.2 Å². The third-order valence-electron chi connectivity index (χ3n) is 8.65. The van der Waals surface area contributed by atoms with Crippen LogP contribution in [0.3, 0.4) is 0 Å². The van der Waals surface area contributed by atoms with Crippen molar-refractivity contribution in [2.45, 2.75) is 104 Å². The molecule has 0 radical (unpaired) electrons. The second kappa shape index (κ2) is 17.6. The number of aryl methyl sites for hydroxylation is 2. The van der Waals surface area contributed by atoms with Crippen molar-refractivity contribution in [3.05, 3.63) is 82.6 Å². The fourth-order valence-electron chi connectivity index (χ4n) is 6.10. The van der Waals surface area contributed by atoms with E-state index in [1.807, 2.05) is 68.0 Å². The van der Waals surface area contributed by atoms with Crippen LogP contribution in [0.5, 0.6) is 0 Å². The molecule has 0 spiro atoms. The molecule has 6 heterocycles. The van der Waals surface area contributed by atoms with Gasteiger partial charge in [0.15, 0.2) is 0 Å². The van der Waals surface area contributed by atoms with Gasteiger partial charge in [0, 0.05) is 48.8 Å². The Balaban J connectivity index is 1.21. The summed E-state index contributed by atoms with van der Waals surface area (Å²) >= 11 is 11.7. The smallest absolute Gasteiger partial charge is 0.0481 e. The van der Waals surface area contributed by atoms with Crippen LogP contribution in [0.4, 0.5) is 0 Å². The average Bonchev–Trinajstić information content (AvgIpc) is 3.91. The summed E-state index contributed by atoms with van der Waals surface area (Å²) in [7, 11) is 0. The molecule has 0 nitrogen and oxygen atoms in total. The van der Waals surface area contributed by atoms with Gasteiger partial charge >= 0.3 is 0 Å². The molecule has 0 aromatic carbocycles. The van der Waals surface area contributed by atoms with Crippen LogP contribution < -0.4 is 0 Å². The second-order valence-electron chi connectivity index (χ2n) is 12.2. The minimum atomic E-state index is 1.19. The fraction of sp³-hybridized carbons (Fsp3) is 0.400. The number of hydrogen-bond acceptors (Lipinski definition) is 6. The molecule has 242 valence electrons. The number of unbranched alkanes of at least 4 members (excludes halogenated alkanes) is 10. The van der Waals surface area contributed by atoms with Gasteiger partial charge in [0.1, 0.15) is 0 Å². The highest BCUT2D eigenvalue weighted by Gasteiger charge is 2.18. The Kier molecular flexibility index (Phi) is 13.0. The lowest BCUT2D eigenvalue weighted by Crippen LogP contribution is -1.86. The van der Waals surface area contributed by atoms with Gasteiger partial charge in [-0.05, 0) is 96.1 Å². The molecule has 6 aromatic rings. The Bertz CT molecular complexity index is 1590. The molecule has 0 aliphatic heterocycles. The molecule has 6 rings (SSSR count). The summed E-state index contributed by atoms with van der Waals surface area (Å²) < 4.78 is 0. The van der Waals surface area contributed by atoms with Crippen molar-refractivity contribution in [3.8, 4) is 48.8 Å². The van der Waals surface area contributed by atoms with Gasteiger partial charge in [0.2, 0.25) is 0 Å². The maximum Gasteiger partial charge on any atom is 0.0481 e. The fourth-order valence-corrected chi connectivity index (χ4v) is 12.6. The monoisotopic (exact) mass is 718 g/mol. The highest BCUT2D eigenvalue weighted by molar-refractivity contribution is 7.30. The minimum Gasteiger partial charge on any atom is -0.143 e. The van der Waals surface area contributed by atoms with E-state index in [2.05, 4.69) is 85.3 Å². The highest BCUT2D eigenvalue weighted by atomic mass is 32.1. The molecule has 0 bridgehead atoms. The molecule has 0 fully saturated rings. The maximum atomic E-state index is 2.49. The van der Waals surface area contributed by atoms with Crippen molar-refractivity contribution in [2.24, 2.45) is 0 Å². The number of hydrogen-bond donors (Lipinski definition) is 0. The van der Waals surface area contributed by atoms with Crippen molar-refractivity contribution < 1.29 is 0 Å². The summed E-state index contributed by atoms with van der Waals surface area (Å²) in [6.45, 7) is 4.60. The summed E-state index contributed by atoms with van der Waals surface area (Å²) in [5.74, 6) is 0. The van der Waals surface area contributed by atoms with Gasteiger partial charge < -0.3 is 0 Å². The Labute approximate surface area is 300 Å². The van der Waals surface area contributed by atoms with Crippen LogP contribution in [0.15, 0.2) is 71.4 Å². The largest absolute Gasteiger partial charge is 0.143 e. The summed E-state index contributed by atoms with van der Waals surface area (Å²) in [6, 6.07) is 23.4. The van der Waals surface area contributed by atoms with Gasteiger partial charge in [-0.25, -0.2) is 0 Å². The minimum absolute atomic E-state index is 1.19. The standard InChI is InChI=1S/C40H46S6/c1-3-5-7-9-11-13-17-29-27-37(31-19-15-25-41-31)45-39(29)35-23-21-33(43-35)34-22-24-36(44-34)40-30(18-14-12-10-8-6-4-2)28-38(46-40)32-20-16-26-42-32/h15-16,19-28H,3-14,17-18H2,1-2H3. The zero-order valence-corrected chi connectivity index (χ0v) is 32.2. The van der Waals surface area contributed by atoms with Crippen molar-refractivity contribution in [1.29, 1.82) is 0 Å². The van der Waals surface area contributed by atoms with Gasteiger partial charge in [-0.2, -0.15) is 0 Å². The molecule has 0 amide bonds. The summed E-state index contributed by atoms with van der Waals surface area (Å²) in [5.41, 5.74) is 3.09. The Hall–Kier alpha value is -1.80. The van der Waals surface area contributed by atoms with Gasteiger partial charge in [0.05, 0.1) is 0 Å².